The molecule has 0 fully saturated rings. The smallest absolute Gasteiger partial charge is 0.322 e. The van der Waals surface area contributed by atoms with Gasteiger partial charge >= 0.3 is 6.01 Å². The summed E-state index contributed by atoms with van der Waals surface area (Å²) < 4.78 is 19.2. The van der Waals surface area contributed by atoms with E-state index in [0.717, 1.165) is 0 Å². The van der Waals surface area contributed by atoms with E-state index in [0.29, 0.717) is 4.47 Å². The summed E-state index contributed by atoms with van der Waals surface area (Å²) in [4.78, 5) is 7.71. The van der Waals surface area contributed by atoms with Crippen molar-refractivity contribution in [2.75, 3.05) is 5.73 Å². The third-order valence-electron chi connectivity index (χ3n) is 1.79. The molecule has 0 radical (unpaired) electrons. The summed E-state index contributed by atoms with van der Waals surface area (Å²) in [6.07, 6.45) is 3.00. The van der Waals surface area contributed by atoms with Gasteiger partial charge < -0.3 is 10.5 Å². The fourth-order valence-electron chi connectivity index (χ4n) is 1.08. The summed E-state index contributed by atoms with van der Waals surface area (Å²) >= 11 is 3.18. The molecule has 4 nitrogen and oxygen atoms in total. The van der Waals surface area contributed by atoms with E-state index >= 15 is 0 Å². The maximum absolute atomic E-state index is 13.3. The van der Waals surface area contributed by atoms with Crippen LogP contribution in [-0.4, -0.2) is 9.97 Å². The second kappa shape index (κ2) is 4.44. The molecule has 0 bridgehead atoms. The first kappa shape index (κ1) is 10.8. The van der Waals surface area contributed by atoms with E-state index in [1.807, 2.05) is 0 Å². The van der Waals surface area contributed by atoms with Gasteiger partial charge in [-0.3, -0.25) is 0 Å². The van der Waals surface area contributed by atoms with Gasteiger partial charge in [0.2, 0.25) is 0 Å². The van der Waals surface area contributed by atoms with E-state index in [1.165, 1.54) is 30.6 Å². The van der Waals surface area contributed by atoms with Crippen LogP contribution in [-0.2, 0) is 0 Å². The average molecular weight is 284 g/mol. The van der Waals surface area contributed by atoms with Crippen LogP contribution < -0.4 is 10.5 Å². The lowest BCUT2D eigenvalue weighted by Gasteiger charge is -2.06. The highest BCUT2D eigenvalue weighted by Gasteiger charge is 2.09. The molecule has 0 saturated carbocycles. The summed E-state index contributed by atoms with van der Waals surface area (Å²) in [5.41, 5.74) is 5.77. The molecule has 2 rings (SSSR count). The standard InChI is InChI=1S/C10H7BrFN3O/c11-6-4-14-10(15-5-6)16-9-7(12)2-1-3-8(9)13/h1-5H,13H2. The molecule has 0 unspecified atom stereocenters. The second-order valence-corrected chi connectivity index (χ2v) is 3.86. The number of hydrogen-bond acceptors (Lipinski definition) is 4. The van der Waals surface area contributed by atoms with Gasteiger partial charge in [0.1, 0.15) is 0 Å². The van der Waals surface area contributed by atoms with Crippen molar-refractivity contribution in [3.63, 3.8) is 0 Å². The molecule has 0 amide bonds. The zero-order chi connectivity index (χ0) is 11.5. The van der Waals surface area contributed by atoms with Gasteiger partial charge in [-0.25, -0.2) is 14.4 Å². The van der Waals surface area contributed by atoms with E-state index in [2.05, 4.69) is 25.9 Å². The van der Waals surface area contributed by atoms with Crippen LogP contribution in [0.15, 0.2) is 35.1 Å². The van der Waals surface area contributed by atoms with Gasteiger partial charge in [-0.05, 0) is 28.1 Å². The van der Waals surface area contributed by atoms with Gasteiger partial charge in [-0.1, -0.05) is 6.07 Å². The van der Waals surface area contributed by atoms with Crippen molar-refractivity contribution in [1.29, 1.82) is 0 Å². The van der Waals surface area contributed by atoms with Crippen LogP contribution in [0.3, 0.4) is 0 Å². The van der Waals surface area contributed by atoms with E-state index in [9.17, 15) is 4.39 Å². The van der Waals surface area contributed by atoms with Crippen LogP contribution in [0.25, 0.3) is 0 Å². The number of nitrogen functional groups attached to an aromatic ring is 1. The minimum Gasteiger partial charge on any atom is -0.419 e. The fourth-order valence-corrected chi connectivity index (χ4v) is 1.28. The molecular weight excluding hydrogens is 277 g/mol. The highest BCUT2D eigenvalue weighted by Crippen LogP contribution is 2.28. The third-order valence-corrected chi connectivity index (χ3v) is 2.20. The molecule has 0 aliphatic rings. The number of halogens is 2. The molecule has 82 valence electrons. The Balaban J connectivity index is 2.30. The highest BCUT2D eigenvalue weighted by atomic mass is 79.9. The second-order valence-electron chi connectivity index (χ2n) is 2.94. The van der Waals surface area contributed by atoms with Gasteiger partial charge in [-0.15, -0.1) is 0 Å². The Hall–Kier alpha value is -1.69. The number of anilines is 1. The zero-order valence-electron chi connectivity index (χ0n) is 8.02. The number of aromatic nitrogens is 2. The Morgan fingerprint density at radius 3 is 2.56 bits per heavy atom. The third kappa shape index (κ3) is 2.27. The monoisotopic (exact) mass is 283 g/mol. The first-order valence-electron chi connectivity index (χ1n) is 4.36. The maximum atomic E-state index is 13.3. The quantitative estimate of drug-likeness (QED) is 0.861. The van der Waals surface area contributed by atoms with E-state index in [1.54, 1.807) is 0 Å². The molecule has 1 aromatic heterocycles. The van der Waals surface area contributed by atoms with Crippen LogP contribution in [0.4, 0.5) is 10.1 Å². The molecular formula is C10H7BrFN3O. The van der Waals surface area contributed by atoms with Crippen LogP contribution in [0.1, 0.15) is 0 Å². The molecule has 2 N–H and O–H groups in total. The highest BCUT2D eigenvalue weighted by molar-refractivity contribution is 9.10. The van der Waals surface area contributed by atoms with Crippen molar-refractivity contribution in [3.8, 4) is 11.8 Å². The number of hydrogen-bond donors (Lipinski definition) is 1. The van der Waals surface area contributed by atoms with Gasteiger partial charge in [-0.2, -0.15) is 0 Å². The van der Waals surface area contributed by atoms with E-state index < -0.39 is 5.82 Å². The number of rotatable bonds is 2. The predicted molar refractivity (Wildman–Crippen MR) is 60.6 cm³/mol. The predicted octanol–water partition coefficient (Wildman–Crippen LogP) is 2.75. The van der Waals surface area contributed by atoms with Crippen LogP contribution in [0.5, 0.6) is 11.8 Å². The summed E-state index contributed by atoms with van der Waals surface area (Å²) in [7, 11) is 0. The summed E-state index contributed by atoms with van der Waals surface area (Å²) in [6, 6.07) is 4.34. The Bertz CT molecular complexity index is 484. The fraction of sp³-hybridized carbons (Fsp3) is 0. The van der Waals surface area contributed by atoms with E-state index in [-0.39, 0.29) is 17.4 Å². The zero-order valence-corrected chi connectivity index (χ0v) is 9.61. The van der Waals surface area contributed by atoms with Crippen molar-refractivity contribution < 1.29 is 9.13 Å². The first-order valence-corrected chi connectivity index (χ1v) is 5.15. The van der Waals surface area contributed by atoms with E-state index in [4.69, 9.17) is 10.5 Å². The number of para-hydroxylation sites is 1. The van der Waals surface area contributed by atoms with Crippen LogP contribution >= 0.6 is 15.9 Å². The summed E-state index contributed by atoms with van der Waals surface area (Å²) in [6.45, 7) is 0. The lowest BCUT2D eigenvalue weighted by atomic mass is 10.3. The van der Waals surface area contributed by atoms with Gasteiger partial charge in [0, 0.05) is 12.4 Å². The van der Waals surface area contributed by atoms with Gasteiger partial charge in [0.25, 0.3) is 0 Å². The van der Waals surface area contributed by atoms with Crippen LogP contribution in [0.2, 0.25) is 0 Å². The lowest BCUT2D eigenvalue weighted by molar-refractivity contribution is 0.413. The number of nitrogens with zero attached hydrogens (tertiary/aromatic N) is 2. The molecule has 0 atom stereocenters. The van der Waals surface area contributed by atoms with Gasteiger partial charge in [0.05, 0.1) is 10.2 Å². The normalized spacial score (nSPS) is 10.1. The molecule has 1 heterocycles. The Labute approximate surface area is 99.4 Å². The van der Waals surface area contributed by atoms with Crippen molar-refractivity contribution >= 4 is 21.6 Å². The minimum absolute atomic E-state index is 0.0417. The van der Waals surface area contributed by atoms with Crippen molar-refractivity contribution in [1.82, 2.24) is 9.97 Å². The van der Waals surface area contributed by atoms with Crippen molar-refractivity contribution in [2.45, 2.75) is 0 Å². The average Bonchev–Trinajstić information content (AvgIpc) is 2.26. The molecule has 1 aromatic carbocycles. The minimum atomic E-state index is -0.550. The summed E-state index contributed by atoms with van der Waals surface area (Å²) in [5, 5.41) is 0. The van der Waals surface area contributed by atoms with Gasteiger partial charge in [0.15, 0.2) is 11.6 Å². The topological polar surface area (TPSA) is 61.0 Å². The first-order chi connectivity index (χ1) is 7.66. The van der Waals surface area contributed by atoms with Crippen molar-refractivity contribution in [2.24, 2.45) is 0 Å². The maximum Gasteiger partial charge on any atom is 0.322 e. The summed E-state index contributed by atoms with van der Waals surface area (Å²) in [5.74, 6) is -0.614. The SMILES string of the molecule is Nc1cccc(F)c1Oc1ncc(Br)cn1. The Morgan fingerprint density at radius 1 is 1.25 bits per heavy atom. The van der Waals surface area contributed by atoms with Crippen LogP contribution in [0, 0.1) is 5.82 Å². The molecule has 0 saturated heterocycles. The molecule has 2 aromatic rings. The Kier molecular flexibility index (Phi) is 3.00. The number of benzene rings is 1. The lowest BCUT2D eigenvalue weighted by Crippen LogP contribution is -1.97. The Morgan fingerprint density at radius 2 is 1.94 bits per heavy atom. The largest absolute Gasteiger partial charge is 0.419 e. The number of ether oxygens (including phenoxy) is 1. The van der Waals surface area contributed by atoms with Crippen molar-refractivity contribution in [3.05, 3.63) is 40.9 Å². The molecule has 0 aliphatic carbocycles. The molecule has 6 heteroatoms. The molecule has 0 spiro atoms. The molecule has 0 aliphatic heterocycles. The molecule has 16 heavy (non-hydrogen) atoms. The number of nitrogens with two attached hydrogens (primary N) is 1.